The number of aromatic amines is 1. The van der Waals surface area contributed by atoms with Crippen LogP contribution >= 0.6 is 0 Å². The number of benzene rings is 1. The lowest BCUT2D eigenvalue weighted by molar-refractivity contribution is 0.424. The van der Waals surface area contributed by atoms with E-state index in [9.17, 15) is 0 Å². The molecule has 3 nitrogen and oxygen atoms in total. The van der Waals surface area contributed by atoms with Crippen molar-refractivity contribution < 1.29 is 10.0 Å². The van der Waals surface area contributed by atoms with Gasteiger partial charge in [0.25, 0.3) is 0 Å². The van der Waals surface area contributed by atoms with E-state index in [0.717, 1.165) is 11.3 Å². The molecule has 1 heterocycles. The summed E-state index contributed by atoms with van der Waals surface area (Å²) in [6, 6.07) is 13.2. The third kappa shape index (κ3) is 1.71. The molecule has 0 saturated heterocycles. The van der Waals surface area contributed by atoms with Gasteiger partial charge in [-0.05, 0) is 17.7 Å². The minimum absolute atomic E-state index is 0.406. The molecule has 3 N–H and O–H groups in total. The third-order valence-electron chi connectivity index (χ3n) is 2.07. The van der Waals surface area contributed by atoms with Gasteiger partial charge in [0.15, 0.2) is 0 Å². The maximum absolute atomic E-state index is 8.91. The summed E-state index contributed by atoms with van der Waals surface area (Å²) in [5.74, 6) is 0. The first-order chi connectivity index (χ1) is 6.77. The number of H-pyrrole nitrogens is 1. The van der Waals surface area contributed by atoms with E-state index in [1.54, 1.807) is 6.07 Å². The SMILES string of the molecule is OB(O)c1ccc(-c2ccccc2)[nH]1. The maximum atomic E-state index is 8.91. The van der Waals surface area contributed by atoms with Gasteiger partial charge in [-0.3, -0.25) is 0 Å². The lowest BCUT2D eigenvalue weighted by Crippen LogP contribution is -2.30. The van der Waals surface area contributed by atoms with Gasteiger partial charge in [-0.25, -0.2) is 0 Å². The van der Waals surface area contributed by atoms with Crippen LogP contribution in [0.5, 0.6) is 0 Å². The molecule has 1 aromatic carbocycles. The molecule has 0 aliphatic carbocycles. The standard InChI is InChI=1S/C10H10BNO2/c13-11(14)10-7-6-9(12-10)8-4-2-1-3-5-8/h1-7,12-14H. The van der Waals surface area contributed by atoms with Crippen LogP contribution < -0.4 is 5.59 Å². The van der Waals surface area contributed by atoms with Crippen molar-refractivity contribution in [3.63, 3.8) is 0 Å². The molecule has 4 heteroatoms. The molecule has 0 aliphatic heterocycles. The van der Waals surface area contributed by atoms with Crippen LogP contribution in [-0.2, 0) is 0 Å². The smallest absolute Gasteiger partial charge is 0.422 e. The quantitative estimate of drug-likeness (QED) is 0.594. The third-order valence-corrected chi connectivity index (χ3v) is 2.07. The van der Waals surface area contributed by atoms with Crippen molar-refractivity contribution in [2.45, 2.75) is 0 Å². The molecule has 0 saturated carbocycles. The van der Waals surface area contributed by atoms with Crippen molar-refractivity contribution in [3.8, 4) is 11.3 Å². The summed E-state index contributed by atoms with van der Waals surface area (Å²) in [5, 5.41) is 17.8. The average Bonchev–Trinajstić information content (AvgIpc) is 2.68. The van der Waals surface area contributed by atoms with E-state index in [-0.39, 0.29) is 0 Å². The Hall–Kier alpha value is -1.52. The molecule has 14 heavy (non-hydrogen) atoms. The van der Waals surface area contributed by atoms with Gasteiger partial charge in [-0.15, -0.1) is 0 Å². The molecule has 0 radical (unpaired) electrons. The zero-order valence-corrected chi connectivity index (χ0v) is 7.51. The Balaban J connectivity index is 2.34. The highest BCUT2D eigenvalue weighted by Crippen LogP contribution is 2.14. The van der Waals surface area contributed by atoms with Gasteiger partial charge in [0.2, 0.25) is 0 Å². The number of hydrogen-bond donors (Lipinski definition) is 3. The molecule has 0 amide bonds. The lowest BCUT2D eigenvalue weighted by Gasteiger charge is -1.97. The number of rotatable bonds is 2. The summed E-state index contributed by atoms with van der Waals surface area (Å²) >= 11 is 0. The summed E-state index contributed by atoms with van der Waals surface area (Å²) in [5.41, 5.74) is 2.32. The minimum atomic E-state index is -1.44. The fourth-order valence-electron chi connectivity index (χ4n) is 1.35. The highest BCUT2D eigenvalue weighted by atomic mass is 16.4. The Bertz CT molecular complexity index is 411. The topological polar surface area (TPSA) is 56.2 Å². The van der Waals surface area contributed by atoms with Gasteiger partial charge in [0.1, 0.15) is 0 Å². The van der Waals surface area contributed by atoms with Crippen molar-refractivity contribution >= 4 is 12.7 Å². The van der Waals surface area contributed by atoms with Crippen molar-refractivity contribution in [2.75, 3.05) is 0 Å². The molecule has 70 valence electrons. The molecule has 0 unspecified atom stereocenters. The van der Waals surface area contributed by atoms with Crippen molar-refractivity contribution in [3.05, 3.63) is 42.5 Å². The summed E-state index contributed by atoms with van der Waals surface area (Å²) < 4.78 is 0. The van der Waals surface area contributed by atoms with Crippen LogP contribution in [0.15, 0.2) is 42.5 Å². The summed E-state index contributed by atoms with van der Waals surface area (Å²) in [7, 11) is -1.44. The van der Waals surface area contributed by atoms with Gasteiger partial charge in [0, 0.05) is 11.3 Å². The minimum Gasteiger partial charge on any atom is -0.422 e. The van der Waals surface area contributed by atoms with Gasteiger partial charge in [0.05, 0.1) is 0 Å². The zero-order valence-electron chi connectivity index (χ0n) is 7.51. The average molecular weight is 187 g/mol. The first-order valence-electron chi connectivity index (χ1n) is 4.38. The second kappa shape index (κ2) is 3.70. The number of nitrogens with one attached hydrogen (secondary N) is 1. The maximum Gasteiger partial charge on any atom is 0.505 e. The van der Waals surface area contributed by atoms with Crippen LogP contribution in [0.2, 0.25) is 0 Å². The molecule has 2 rings (SSSR count). The Labute approximate surface area is 82.2 Å². The largest absolute Gasteiger partial charge is 0.505 e. The normalized spacial score (nSPS) is 10.1. The Morgan fingerprint density at radius 2 is 1.64 bits per heavy atom. The van der Waals surface area contributed by atoms with E-state index in [0.29, 0.717) is 5.59 Å². The van der Waals surface area contributed by atoms with Gasteiger partial charge in [-0.1, -0.05) is 30.3 Å². The molecular weight excluding hydrogens is 177 g/mol. The van der Waals surface area contributed by atoms with Crippen LogP contribution in [0.4, 0.5) is 0 Å². The van der Waals surface area contributed by atoms with Gasteiger partial charge < -0.3 is 15.0 Å². The van der Waals surface area contributed by atoms with Crippen molar-refractivity contribution in [2.24, 2.45) is 0 Å². The predicted molar refractivity (Wildman–Crippen MR) is 56.1 cm³/mol. The molecule has 0 atom stereocenters. The van der Waals surface area contributed by atoms with Crippen molar-refractivity contribution in [1.82, 2.24) is 4.98 Å². The molecule has 0 aliphatic rings. The van der Waals surface area contributed by atoms with Crippen LogP contribution in [0.25, 0.3) is 11.3 Å². The highest BCUT2D eigenvalue weighted by molar-refractivity contribution is 6.57. The van der Waals surface area contributed by atoms with Crippen LogP contribution in [0.3, 0.4) is 0 Å². The lowest BCUT2D eigenvalue weighted by atomic mass is 9.87. The van der Waals surface area contributed by atoms with E-state index in [4.69, 9.17) is 10.0 Å². The second-order valence-electron chi connectivity index (χ2n) is 3.07. The van der Waals surface area contributed by atoms with E-state index in [1.165, 1.54) is 0 Å². The van der Waals surface area contributed by atoms with E-state index >= 15 is 0 Å². The molecule has 0 spiro atoms. The van der Waals surface area contributed by atoms with E-state index < -0.39 is 7.12 Å². The Morgan fingerprint density at radius 1 is 0.929 bits per heavy atom. The van der Waals surface area contributed by atoms with E-state index in [1.807, 2.05) is 36.4 Å². The van der Waals surface area contributed by atoms with Crippen LogP contribution in [-0.4, -0.2) is 22.2 Å². The molecule has 0 bridgehead atoms. The highest BCUT2D eigenvalue weighted by Gasteiger charge is 2.12. The zero-order chi connectivity index (χ0) is 9.97. The summed E-state index contributed by atoms with van der Waals surface area (Å²) in [6.45, 7) is 0. The van der Waals surface area contributed by atoms with Crippen LogP contribution in [0.1, 0.15) is 0 Å². The number of aromatic nitrogens is 1. The van der Waals surface area contributed by atoms with Gasteiger partial charge in [-0.2, -0.15) is 0 Å². The predicted octanol–water partition coefficient (Wildman–Crippen LogP) is 0.361. The monoisotopic (exact) mass is 187 g/mol. The fourth-order valence-corrected chi connectivity index (χ4v) is 1.35. The van der Waals surface area contributed by atoms with Crippen molar-refractivity contribution in [1.29, 1.82) is 0 Å². The summed E-state index contributed by atoms with van der Waals surface area (Å²) in [6.07, 6.45) is 0. The first-order valence-corrected chi connectivity index (χ1v) is 4.38. The van der Waals surface area contributed by atoms with Gasteiger partial charge >= 0.3 is 7.12 Å². The first kappa shape index (κ1) is 9.06. The molecule has 0 fully saturated rings. The molecular formula is C10H10BNO2. The molecule has 2 aromatic rings. The molecule has 1 aromatic heterocycles. The Kier molecular flexibility index (Phi) is 2.39. The summed E-state index contributed by atoms with van der Waals surface area (Å²) in [4.78, 5) is 2.93. The van der Waals surface area contributed by atoms with E-state index in [2.05, 4.69) is 4.98 Å². The second-order valence-corrected chi connectivity index (χ2v) is 3.07. The fraction of sp³-hybridized carbons (Fsp3) is 0. The Morgan fingerprint density at radius 3 is 2.21 bits per heavy atom. The van der Waals surface area contributed by atoms with Crippen LogP contribution in [0, 0.1) is 0 Å². The number of hydrogen-bond acceptors (Lipinski definition) is 2.